The van der Waals surface area contributed by atoms with Crippen LogP contribution < -0.4 is 0 Å². The summed E-state index contributed by atoms with van der Waals surface area (Å²) < 4.78 is 11.4. The second-order valence-electron chi connectivity index (χ2n) is 6.69. The van der Waals surface area contributed by atoms with E-state index in [-0.39, 0.29) is 11.7 Å². The van der Waals surface area contributed by atoms with E-state index in [2.05, 4.69) is 13.8 Å². The summed E-state index contributed by atoms with van der Waals surface area (Å²) in [6.45, 7) is 4.91. The molecule has 1 atom stereocenters. The number of rotatable bonds is 5. The van der Waals surface area contributed by atoms with Gasteiger partial charge in [0.05, 0.1) is 13.2 Å². The molecule has 1 aliphatic carbocycles. The maximum Gasteiger partial charge on any atom is 0.229 e. The molecular weight excluding hydrogens is 262 g/mol. The molecule has 20 heavy (non-hydrogen) atoms. The highest BCUT2D eigenvalue weighted by molar-refractivity contribution is 5.06. The van der Waals surface area contributed by atoms with Gasteiger partial charge < -0.3 is 14.6 Å². The molecule has 0 saturated carbocycles. The van der Waals surface area contributed by atoms with Gasteiger partial charge in [0.15, 0.2) is 6.29 Å². The van der Waals surface area contributed by atoms with Gasteiger partial charge in [-0.05, 0) is 12.8 Å². The molecule has 0 radical (unpaired) electrons. The van der Waals surface area contributed by atoms with Crippen molar-refractivity contribution in [1.82, 2.24) is 0 Å². The number of hydrogen-bond acceptors (Lipinski definition) is 5. The zero-order chi connectivity index (χ0) is 14.8. The summed E-state index contributed by atoms with van der Waals surface area (Å²) in [5.41, 5.74) is -0.531. The van der Waals surface area contributed by atoms with E-state index in [4.69, 9.17) is 9.47 Å². The molecule has 6 heteroatoms. The van der Waals surface area contributed by atoms with Crippen molar-refractivity contribution in [3.8, 4) is 0 Å². The van der Waals surface area contributed by atoms with E-state index in [1.807, 2.05) is 12.2 Å². The number of nitrogens with zero attached hydrogens (tertiary/aromatic N) is 1. The summed E-state index contributed by atoms with van der Waals surface area (Å²) in [6, 6.07) is 0. The molecule has 1 heterocycles. The number of nitro groups is 1. The highest BCUT2D eigenvalue weighted by Crippen LogP contribution is 2.43. The molecule has 1 aliphatic heterocycles. The Kier molecular flexibility index (Phi) is 4.46. The molecule has 0 amide bonds. The normalized spacial score (nSPS) is 26.6. The van der Waals surface area contributed by atoms with E-state index in [9.17, 15) is 15.2 Å². The lowest BCUT2D eigenvalue weighted by Gasteiger charge is -2.40. The second-order valence-corrected chi connectivity index (χ2v) is 6.69. The van der Waals surface area contributed by atoms with Crippen LogP contribution in [0.5, 0.6) is 0 Å². The van der Waals surface area contributed by atoms with Gasteiger partial charge in [0, 0.05) is 22.2 Å². The SMILES string of the molecule is CC1(C)COC(CC2(C(O)C[N+](=O)[O-])CC=CC2)OC1. The minimum absolute atomic E-state index is 0.00293. The Balaban J connectivity index is 1.98. The lowest BCUT2D eigenvalue weighted by molar-refractivity contribution is -0.495. The van der Waals surface area contributed by atoms with Crippen LogP contribution in [0.1, 0.15) is 33.1 Å². The molecule has 1 saturated heterocycles. The fourth-order valence-electron chi connectivity index (χ4n) is 2.81. The minimum atomic E-state index is -0.977. The van der Waals surface area contributed by atoms with E-state index in [1.54, 1.807) is 0 Å². The average Bonchev–Trinajstić information content (AvgIpc) is 2.81. The van der Waals surface area contributed by atoms with Crippen molar-refractivity contribution in [2.24, 2.45) is 10.8 Å². The fourth-order valence-corrected chi connectivity index (χ4v) is 2.81. The van der Waals surface area contributed by atoms with Crippen molar-refractivity contribution in [2.45, 2.75) is 45.5 Å². The summed E-state index contributed by atoms with van der Waals surface area (Å²) in [4.78, 5) is 10.2. The van der Waals surface area contributed by atoms with Crippen molar-refractivity contribution in [3.05, 3.63) is 22.3 Å². The van der Waals surface area contributed by atoms with E-state index < -0.39 is 23.0 Å². The lowest BCUT2D eigenvalue weighted by atomic mass is 9.76. The highest BCUT2D eigenvalue weighted by atomic mass is 16.7. The van der Waals surface area contributed by atoms with Crippen LogP contribution in [-0.4, -0.2) is 42.2 Å². The number of aliphatic hydroxyl groups excluding tert-OH is 1. The van der Waals surface area contributed by atoms with Crippen molar-refractivity contribution >= 4 is 0 Å². The molecule has 0 aromatic carbocycles. The van der Waals surface area contributed by atoms with Gasteiger partial charge in [0.25, 0.3) is 0 Å². The molecule has 2 rings (SSSR count). The van der Waals surface area contributed by atoms with Crippen molar-refractivity contribution in [1.29, 1.82) is 0 Å². The van der Waals surface area contributed by atoms with Crippen LogP contribution >= 0.6 is 0 Å². The standard InChI is InChI=1S/C14H23NO5/c1-13(2)9-19-12(20-10-13)7-14(5-3-4-6-14)11(16)8-15(17)18/h3-4,11-12,16H,5-10H2,1-2H3. The van der Waals surface area contributed by atoms with Crippen LogP contribution in [-0.2, 0) is 9.47 Å². The van der Waals surface area contributed by atoms with Gasteiger partial charge in [-0.25, -0.2) is 0 Å². The molecule has 0 aromatic heterocycles. The van der Waals surface area contributed by atoms with E-state index in [0.29, 0.717) is 32.5 Å². The molecule has 1 N–H and O–H groups in total. The van der Waals surface area contributed by atoms with Gasteiger partial charge >= 0.3 is 0 Å². The molecule has 1 unspecified atom stereocenters. The fraction of sp³-hybridized carbons (Fsp3) is 0.857. The van der Waals surface area contributed by atoms with Crippen LogP contribution in [0.25, 0.3) is 0 Å². The largest absolute Gasteiger partial charge is 0.386 e. The number of ether oxygens (including phenoxy) is 2. The molecule has 6 nitrogen and oxygen atoms in total. The molecule has 0 bridgehead atoms. The van der Waals surface area contributed by atoms with Gasteiger partial charge in [-0.2, -0.15) is 0 Å². The van der Waals surface area contributed by atoms with E-state index in [0.717, 1.165) is 0 Å². The minimum Gasteiger partial charge on any atom is -0.386 e. The number of allylic oxidation sites excluding steroid dienone is 2. The second kappa shape index (κ2) is 5.79. The Labute approximate surface area is 118 Å². The van der Waals surface area contributed by atoms with Gasteiger partial charge in [-0.15, -0.1) is 0 Å². The summed E-state index contributed by atoms with van der Waals surface area (Å²) in [5, 5.41) is 20.9. The maximum atomic E-state index is 10.6. The summed E-state index contributed by atoms with van der Waals surface area (Å²) in [7, 11) is 0. The smallest absolute Gasteiger partial charge is 0.229 e. The van der Waals surface area contributed by atoms with Crippen molar-refractivity contribution < 1.29 is 19.5 Å². The van der Waals surface area contributed by atoms with Crippen LogP contribution in [0.2, 0.25) is 0 Å². The molecular formula is C14H23NO5. The lowest BCUT2D eigenvalue weighted by Crippen LogP contribution is -2.45. The first-order valence-electron chi connectivity index (χ1n) is 7.01. The van der Waals surface area contributed by atoms with Gasteiger partial charge in [-0.3, -0.25) is 10.1 Å². The average molecular weight is 285 g/mol. The predicted molar refractivity (Wildman–Crippen MR) is 72.8 cm³/mol. The van der Waals surface area contributed by atoms with Crippen molar-refractivity contribution in [3.63, 3.8) is 0 Å². The van der Waals surface area contributed by atoms with Crippen LogP contribution in [0.3, 0.4) is 0 Å². The van der Waals surface area contributed by atoms with Gasteiger partial charge in [0.2, 0.25) is 6.54 Å². The number of aliphatic hydroxyl groups is 1. The summed E-state index contributed by atoms with van der Waals surface area (Å²) in [5.74, 6) is 0. The van der Waals surface area contributed by atoms with Gasteiger partial charge in [0.1, 0.15) is 6.10 Å². The van der Waals surface area contributed by atoms with E-state index >= 15 is 0 Å². The Bertz CT molecular complexity index is 375. The first-order valence-corrected chi connectivity index (χ1v) is 7.01. The molecule has 0 spiro atoms. The first-order chi connectivity index (χ1) is 9.33. The highest BCUT2D eigenvalue weighted by Gasteiger charge is 2.44. The van der Waals surface area contributed by atoms with E-state index in [1.165, 1.54) is 0 Å². The van der Waals surface area contributed by atoms with Crippen LogP contribution in [0.4, 0.5) is 0 Å². The molecule has 114 valence electrons. The summed E-state index contributed by atoms with van der Waals surface area (Å²) in [6.07, 6.45) is 4.33. The Hall–Kier alpha value is -0.980. The number of hydrogen-bond donors (Lipinski definition) is 1. The zero-order valence-electron chi connectivity index (χ0n) is 12.1. The van der Waals surface area contributed by atoms with Crippen LogP contribution in [0.15, 0.2) is 12.2 Å². The zero-order valence-corrected chi connectivity index (χ0v) is 12.1. The van der Waals surface area contributed by atoms with Crippen LogP contribution in [0, 0.1) is 20.9 Å². The monoisotopic (exact) mass is 285 g/mol. The third-order valence-corrected chi connectivity index (χ3v) is 4.14. The Morgan fingerprint density at radius 1 is 1.35 bits per heavy atom. The van der Waals surface area contributed by atoms with Crippen molar-refractivity contribution in [2.75, 3.05) is 19.8 Å². The van der Waals surface area contributed by atoms with Gasteiger partial charge in [-0.1, -0.05) is 26.0 Å². The first kappa shape index (κ1) is 15.4. The topological polar surface area (TPSA) is 81.8 Å². The quantitative estimate of drug-likeness (QED) is 0.473. The Morgan fingerprint density at radius 3 is 2.40 bits per heavy atom. The molecule has 1 fully saturated rings. The third-order valence-electron chi connectivity index (χ3n) is 4.14. The molecule has 2 aliphatic rings. The Morgan fingerprint density at radius 2 is 1.90 bits per heavy atom. The maximum absolute atomic E-state index is 10.6. The summed E-state index contributed by atoms with van der Waals surface area (Å²) >= 11 is 0. The third kappa shape index (κ3) is 3.56. The predicted octanol–water partition coefficient (Wildman–Crippen LogP) is 1.75. The molecule has 0 aromatic rings.